The summed E-state index contributed by atoms with van der Waals surface area (Å²) in [6.07, 6.45) is 21.5. The lowest BCUT2D eigenvalue weighted by molar-refractivity contribution is -1.08. The highest BCUT2D eigenvalue weighted by molar-refractivity contribution is 5.83. The maximum atomic E-state index is 12.5. The minimum absolute atomic E-state index is 0.166. The van der Waals surface area contributed by atoms with Crippen LogP contribution in [0.4, 0.5) is 0 Å². The number of fused-ring (bicyclic) bond motifs is 3. The number of imidazole rings is 1. The minimum atomic E-state index is -1.01. The maximum absolute atomic E-state index is 12.5. The van der Waals surface area contributed by atoms with E-state index in [2.05, 4.69) is 22.2 Å². The molecule has 3 aliphatic heterocycles. The molecule has 1 amide bonds. The average molecular weight is 534 g/mol. The van der Waals surface area contributed by atoms with Gasteiger partial charge in [-0.1, -0.05) is 71.1 Å². The number of H-pyrrole nitrogens is 1. The van der Waals surface area contributed by atoms with Crippen molar-refractivity contribution in [2.24, 2.45) is 0 Å². The topological polar surface area (TPSA) is 95.1 Å². The number of aromatic nitrogens is 2. The SMILES string of the molecule is CCCCCCCCCCCCCC[N+]12CC[N+](CCCC(=O)N[C@@H](Cc3cnc[nH]3)C(=O)O)(CC1)CC2. The zero-order chi connectivity index (χ0) is 27.1. The summed E-state index contributed by atoms with van der Waals surface area (Å²) >= 11 is 0. The van der Waals surface area contributed by atoms with Gasteiger partial charge in [-0.05, 0) is 12.8 Å². The molecule has 4 rings (SSSR count). The number of nitrogens with one attached hydrogen (secondary N) is 2. The van der Waals surface area contributed by atoms with Gasteiger partial charge in [-0.15, -0.1) is 0 Å². The molecule has 3 N–H and O–H groups in total. The zero-order valence-electron chi connectivity index (χ0n) is 24.1. The Balaban J connectivity index is 1.23. The van der Waals surface area contributed by atoms with Gasteiger partial charge in [-0.3, -0.25) is 4.79 Å². The number of hydrogen-bond donors (Lipinski definition) is 3. The molecule has 0 aromatic carbocycles. The fraction of sp³-hybridized carbons (Fsp3) is 0.833. The summed E-state index contributed by atoms with van der Waals surface area (Å²) in [5.41, 5.74) is 0.711. The summed E-state index contributed by atoms with van der Waals surface area (Å²) in [4.78, 5) is 30.9. The van der Waals surface area contributed by atoms with Crippen molar-refractivity contribution < 1.29 is 23.7 Å². The molecule has 2 bridgehead atoms. The second kappa shape index (κ2) is 16.2. The van der Waals surface area contributed by atoms with E-state index in [4.69, 9.17) is 0 Å². The van der Waals surface area contributed by atoms with Crippen LogP contribution in [0.1, 0.15) is 103 Å². The summed E-state index contributed by atoms with van der Waals surface area (Å²) in [7, 11) is 0. The number of carbonyl (C=O) groups excluding carboxylic acids is 1. The molecule has 0 aliphatic carbocycles. The molecule has 8 nitrogen and oxygen atoms in total. The first-order chi connectivity index (χ1) is 18.5. The first-order valence-corrected chi connectivity index (χ1v) is 15.7. The van der Waals surface area contributed by atoms with Crippen LogP contribution in [0.5, 0.6) is 0 Å². The lowest BCUT2D eigenvalue weighted by Crippen LogP contribution is -2.75. The van der Waals surface area contributed by atoms with Gasteiger partial charge < -0.3 is 24.4 Å². The highest BCUT2D eigenvalue weighted by atomic mass is 16.4. The smallest absolute Gasteiger partial charge is 0.326 e. The van der Waals surface area contributed by atoms with Crippen LogP contribution in [0, 0.1) is 0 Å². The Labute approximate surface area is 230 Å². The van der Waals surface area contributed by atoms with Gasteiger partial charge in [0.25, 0.3) is 0 Å². The Morgan fingerprint density at radius 2 is 1.34 bits per heavy atom. The predicted octanol–water partition coefficient (Wildman–Crippen LogP) is 4.66. The fourth-order valence-electron chi connectivity index (χ4n) is 6.56. The Morgan fingerprint density at radius 1 is 0.842 bits per heavy atom. The van der Waals surface area contributed by atoms with Crippen LogP contribution < -0.4 is 5.32 Å². The number of carbonyl (C=O) groups is 2. The third-order valence-electron chi connectivity index (χ3n) is 9.28. The van der Waals surface area contributed by atoms with Gasteiger partial charge in [0.2, 0.25) is 5.91 Å². The molecule has 1 aromatic rings. The number of quaternary nitrogens is 2. The second-order valence-corrected chi connectivity index (χ2v) is 12.2. The van der Waals surface area contributed by atoms with Crippen molar-refractivity contribution in [3.05, 3.63) is 18.2 Å². The molecule has 3 aliphatic rings. The number of aliphatic carboxylic acids is 1. The average Bonchev–Trinajstić information content (AvgIpc) is 3.43. The van der Waals surface area contributed by atoms with Gasteiger partial charge in [0, 0.05) is 31.2 Å². The Hall–Kier alpha value is -1.93. The van der Waals surface area contributed by atoms with E-state index < -0.39 is 12.0 Å². The summed E-state index contributed by atoms with van der Waals surface area (Å²) in [5, 5.41) is 12.2. The summed E-state index contributed by atoms with van der Waals surface area (Å²) in [6, 6.07) is -0.918. The number of carboxylic acid groups (broad SMARTS) is 1. The molecule has 0 unspecified atom stereocenters. The normalized spacial score (nSPS) is 23.4. The van der Waals surface area contributed by atoms with Crippen LogP contribution in [-0.4, -0.2) is 94.3 Å². The van der Waals surface area contributed by atoms with Crippen LogP contribution in [0.15, 0.2) is 12.5 Å². The summed E-state index contributed by atoms with van der Waals surface area (Å²) in [5.74, 6) is -1.18. The number of nitrogens with zero attached hydrogens (tertiary/aromatic N) is 3. The molecular weight excluding hydrogens is 478 g/mol. The Morgan fingerprint density at radius 3 is 1.82 bits per heavy atom. The van der Waals surface area contributed by atoms with Gasteiger partial charge in [0.1, 0.15) is 45.3 Å². The quantitative estimate of drug-likeness (QED) is 0.158. The van der Waals surface area contributed by atoms with Crippen LogP contribution in [-0.2, 0) is 16.0 Å². The molecule has 1 aromatic heterocycles. The van der Waals surface area contributed by atoms with Crippen molar-refractivity contribution in [3.8, 4) is 0 Å². The van der Waals surface area contributed by atoms with Crippen molar-refractivity contribution in [2.75, 3.05) is 52.4 Å². The molecule has 0 spiro atoms. The highest BCUT2D eigenvalue weighted by Crippen LogP contribution is 2.28. The molecule has 8 heteroatoms. The highest BCUT2D eigenvalue weighted by Gasteiger charge is 2.48. The van der Waals surface area contributed by atoms with Gasteiger partial charge in [0.15, 0.2) is 0 Å². The van der Waals surface area contributed by atoms with E-state index in [9.17, 15) is 14.7 Å². The lowest BCUT2D eigenvalue weighted by atomic mass is 10.0. The van der Waals surface area contributed by atoms with E-state index in [0.717, 1.165) is 17.4 Å². The number of rotatable bonds is 21. The summed E-state index contributed by atoms with van der Waals surface area (Å²) in [6.45, 7) is 12.2. The zero-order valence-corrected chi connectivity index (χ0v) is 24.1. The van der Waals surface area contributed by atoms with E-state index in [0.29, 0.717) is 12.1 Å². The van der Waals surface area contributed by atoms with E-state index in [1.165, 1.54) is 134 Å². The molecule has 0 saturated carbocycles. The first kappa shape index (κ1) is 30.6. The van der Waals surface area contributed by atoms with Crippen LogP contribution in [0.2, 0.25) is 0 Å². The largest absolute Gasteiger partial charge is 0.480 e. The maximum Gasteiger partial charge on any atom is 0.326 e. The van der Waals surface area contributed by atoms with Gasteiger partial charge in [0.05, 0.1) is 19.4 Å². The lowest BCUT2D eigenvalue weighted by Gasteiger charge is -2.55. The monoisotopic (exact) mass is 533 g/mol. The van der Waals surface area contributed by atoms with Crippen molar-refractivity contribution in [1.82, 2.24) is 15.3 Å². The van der Waals surface area contributed by atoms with Gasteiger partial charge in [-0.2, -0.15) is 0 Å². The molecule has 4 heterocycles. The third kappa shape index (κ3) is 10.3. The van der Waals surface area contributed by atoms with E-state index in [1.807, 2.05) is 0 Å². The van der Waals surface area contributed by atoms with Crippen LogP contribution >= 0.6 is 0 Å². The standard InChI is InChI=1S/C30H53N5O3/c1-2-3-4-5-6-7-8-9-10-11-12-13-16-34-18-21-35(22-19-34,23-20-34)17-14-15-29(36)33-28(30(37)38)24-27-25-31-26-32-27/h25-26,28H,2-24H2,1H3,(H-2,31,32,33,36,37,38)/p+2/t28-,34?,35?/m0/s1. The fourth-order valence-corrected chi connectivity index (χ4v) is 6.56. The van der Waals surface area contributed by atoms with Crippen LogP contribution in [0.3, 0.4) is 0 Å². The second-order valence-electron chi connectivity index (χ2n) is 12.2. The van der Waals surface area contributed by atoms with Crippen molar-refractivity contribution in [3.63, 3.8) is 0 Å². The van der Waals surface area contributed by atoms with Gasteiger partial charge in [-0.25, -0.2) is 9.78 Å². The molecule has 1 atom stereocenters. The first-order valence-electron chi connectivity index (χ1n) is 15.7. The summed E-state index contributed by atoms with van der Waals surface area (Å²) < 4.78 is 2.48. The number of piperazine rings is 3. The molecule has 38 heavy (non-hydrogen) atoms. The number of aromatic amines is 1. The van der Waals surface area contributed by atoms with E-state index >= 15 is 0 Å². The van der Waals surface area contributed by atoms with Gasteiger partial charge >= 0.3 is 5.97 Å². The van der Waals surface area contributed by atoms with E-state index in [-0.39, 0.29) is 12.3 Å². The van der Waals surface area contributed by atoms with Crippen molar-refractivity contribution >= 4 is 11.9 Å². The minimum Gasteiger partial charge on any atom is -0.480 e. The number of unbranched alkanes of at least 4 members (excludes halogenated alkanes) is 11. The third-order valence-corrected chi connectivity index (χ3v) is 9.28. The molecular formula is C30H55N5O3+2. The number of hydrogen-bond acceptors (Lipinski definition) is 3. The number of amides is 1. The number of carboxylic acids is 1. The molecule has 3 saturated heterocycles. The van der Waals surface area contributed by atoms with Crippen LogP contribution in [0.25, 0.3) is 0 Å². The predicted molar refractivity (Wildman–Crippen MR) is 152 cm³/mol. The van der Waals surface area contributed by atoms with E-state index in [1.54, 1.807) is 6.20 Å². The van der Waals surface area contributed by atoms with Crippen molar-refractivity contribution in [2.45, 2.75) is 109 Å². The van der Waals surface area contributed by atoms with Crippen molar-refractivity contribution in [1.29, 1.82) is 0 Å². The Kier molecular flexibility index (Phi) is 13.1. The molecule has 216 valence electrons. The Bertz CT molecular complexity index is 788. The molecule has 0 radical (unpaired) electrons. The molecule has 3 fully saturated rings.